The summed E-state index contributed by atoms with van der Waals surface area (Å²) in [7, 11) is 3.93. The lowest BCUT2D eigenvalue weighted by Crippen LogP contribution is -2.27. The molecule has 1 aromatic heterocycles. The lowest BCUT2D eigenvalue weighted by atomic mass is 10.3. The van der Waals surface area contributed by atoms with E-state index in [0.29, 0.717) is 12.4 Å². The number of nitrogens with two attached hydrogens (primary N) is 1. The minimum Gasteiger partial charge on any atom is -0.444 e. The van der Waals surface area contributed by atoms with Crippen LogP contribution in [0.15, 0.2) is 4.42 Å². The van der Waals surface area contributed by atoms with Crippen molar-refractivity contribution in [1.29, 1.82) is 0 Å². The van der Waals surface area contributed by atoms with Crippen LogP contribution in [0.2, 0.25) is 0 Å². The van der Waals surface area contributed by atoms with Crippen LogP contribution in [0.25, 0.3) is 0 Å². The van der Waals surface area contributed by atoms with Gasteiger partial charge in [0.2, 0.25) is 5.89 Å². The molecular weight excluding hydrogens is 166 g/mol. The highest BCUT2D eigenvalue weighted by atomic mass is 16.4. The molecule has 0 spiro atoms. The van der Waals surface area contributed by atoms with Gasteiger partial charge in [0.05, 0.1) is 11.7 Å². The van der Waals surface area contributed by atoms with Crippen molar-refractivity contribution in [1.82, 2.24) is 9.88 Å². The van der Waals surface area contributed by atoms with E-state index in [0.717, 1.165) is 11.5 Å². The van der Waals surface area contributed by atoms with E-state index in [9.17, 15) is 0 Å². The normalized spacial score (nSPS) is 13.7. The molecule has 2 N–H and O–H groups in total. The molecule has 0 aliphatic carbocycles. The lowest BCUT2D eigenvalue weighted by Gasteiger charge is -2.18. The van der Waals surface area contributed by atoms with Gasteiger partial charge in [-0.2, -0.15) is 0 Å². The molecule has 1 rings (SSSR count). The average molecular weight is 183 g/mol. The van der Waals surface area contributed by atoms with Crippen LogP contribution in [0.5, 0.6) is 0 Å². The van der Waals surface area contributed by atoms with Crippen LogP contribution < -0.4 is 5.73 Å². The van der Waals surface area contributed by atoms with Gasteiger partial charge in [-0.1, -0.05) is 0 Å². The fraction of sp³-hybridized carbons (Fsp3) is 0.667. The zero-order valence-electron chi connectivity index (χ0n) is 8.66. The quantitative estimate of drug-likeness (QED) is 0.755. The molecule has 0 aromatic carbocycles. The number of nitrogens with zero attached hydrogens (tertiary/aromatic N) is 2. The van der Waals surface area contributed by atoms with Gasteiger partial charge in [-0.3, -0.25) is 4.90 Å². The summed E-state index contributed by atoms with van der Waals surface area (Å²) < 4.78 is 5.50. The number of aryl methyl sites for hydroxylation is 2. The second kappa shape index (κ2) is 3.89. The van der Waals surface area contributed by atoms with Gasteiger partial charge in [-0.05, 0) is 27.9 Å². The molecule has 0 radical (unpaired) electrons. The van der Waals surface area contributed by atoms with E-state index >= 15 is 0 Å². The lowest BCUT2D eigenvalue weighted by molar-refractivity contribution is 0.253. The molecule has 0 saturated carbocycles. The van der Waals surface area contributed by atoms with Crippen molar-refractivity contribution in [2.75, 3.05) is 20.6 Å². The number of likely N-dealkylation sites (N-methyl/N-ethyl adjacent to an activating group) is 1. The molecule has 1 aromatic rings. The number of oxazole rings is 1. The molecule has 13 heavy (non-hydrogen) atoms. The first-order valence-electron chi connectivity index (χ1n) is 4.36. The van der Waals surface area contributed by atoms with Gasteiger partial charge < -0.3 is 10.2 Å². The highest BCUT2D eigenvalue weighted by Crippen LogP contribution is 2.18. The Morgan fingerprint density at radius 1 is 1.46 bits per heavy atom. The Kier molecular flexibility index (Phi) is 3.06. The summed E-state index contributed by atoms with van der Waals surface area (Å²) in [5.74, 6) is 1.58. The minimum atomic E-state index is 0.0763. The fourth-order valence-corrected chi connectivity index (χ4v) is 1.17. The second-order valence-electron chi connectivity index (χ2n) is 3.41. The van der Waals surface area contributed by atoms with Crippen LogP contribution in [-0.2, 0) is 0 Å². The Labute approximate surface area is 78.7 Å². The summed E-state index contributed by atoms with van der Waals surface area (Å²) in [5, 5.41) is 0. The first kappa shape index (κ1) is 10.2. The number of rotatable bonds is 3. The van der Waals surface area contributed by atoms with Crippen LogP contribution >= 0.6 is 0 Å². The molecule has 0 saturated heterocycles. The number of hydrogen-bond acceptors (Lipinski definition) is 4. The summed E-state index contributed by atoms with van der Waals surface area (Å²) in [6, 6.07) is 0.0763. The Morgan fingerprint density at radius 2 is 2.08 bits per heavy atom. The first-order valence-corrected chi connectivity index (χ1v) is 4.36. The highest BCUT2D eigenvalue weighted by molar-refractivity contribution is 5.07. The molecule has 1 heterocycles. The third kappa shape index (κ3) is 2.08. The molecule has 1 atom stereocenters. The number of aromatic nitrogens is 1. The zero-order valence-corrected chi connectivity index (χ0v) is 8.66. The van der Waals surface area contributed by atoms with Gasteiger partial charge in [0.15, 0.2) is 0 Å². The molecule has 0 aliphatic heterocycles. The van der Waals surface area contributed by atoms with Crippen LogP contribution in [0, 0.1) is 13.8 Å². The standard InChI is InChI=1S/C9H17N3O/c1-6-7(2)13-9(11-6)8(5-10)12(3)4/h8H,5,10H2,1-4H3. The summed E-state index contributed by atoms with van der Waals surface area (Å²) in [4.78, 5) is 6.32. The van der Waals surface area contributed by atoms with Crippen LogP contribution in [0.3, 0.4) is 0 Å². The van der Waals surface area contributed by atoms with Crippen LogP contribution in [0.1, 0.15) is 23.4 Å². The maximum absolute atomic E-state index is 5.62. The third-order valence-electron chi connectivity index (χ3n) is 2.18. The summed E-state index contributed by atoms with van der Waals surface area (Å²) in [6.07, 6.45) is 0. The Bertz CT molecular complexity index is 261. The molecule has 1 unspecified atom stereocenters. The minimum absolute atomic E-state index is 0.0763. The van der Waals surface area contributed by atoms with Gasteiger partial charge in [-0.25, -0.2) is 4.98 Å². The predicted octanol–water partition coefficient (Wildman–Crippen LogP) is 0.853. The fourth-order valence-electron chi connectivity index (χ4n) is 1.17. The van der Waals surface area contributed by atoms with E-state index in [1.54, 1.807) is 0 Å². The van der Waals surface area contributed by atoms with Gasteiger partial charge in [0.1, 0.15) is 5.76 Å². The molecular formula is C9H17N3O. The van der Waals surface area contributed by atoms with Crippen molar-refractivity contribution in [3.8, 4) is 0 Å². The first-order chi connectivity index (χ1) is 6.06. The molecule has 4 heteroatoms. The van der Waals surface area contributed by atoms with Gasteiger partial charge in [-0.15, -0.1) is 0 Å². The molecule has 0 aliphatic rings. The Balaban J connectivity index is 2.92. The molecule has 0 fully saturated rings. The maximum Gasteiger partial charge on any atom is 0.213 e. The van der Waals surface area contributed by atoms with Crippen LogP contribution in [-0.4, -0.2) is 30.5 Å². The summed E-state index contributed by atoms with van der Waals surface area (Å²) >= 11 is 0. The van der Waals surface area contributed by atoms with Crippen molar-refractivity contribution in [2.24, 2.45) is 5.73 Å². The molecule has 74 valence electrons. The van der Waals surface area contributed by atoms with E-state index in [1.807, 2.05) is 32.8 Å². The monoisotopic (exact) mass is 183 g/mol. The van der Waals surface area contributed by atoms with Crippen molar-refractivity contribution in [2.45, 2.75) is 19.9 Å². The van der Waals surface area contributed by atoms with Gasteiger partial charge >= 0.3 is 0 Å². The number of hydrogen-bond donors (Lipinski definition) is 1. The largest absolute Gasteiger partial charge is 0.444 e. The molecule has 4 nitrogen and oxygen atoms in total. The smallest absolute Gasteiger partial charge is 0.213 e. The van der Waals surface area contributed by atoms with E-state index in [4.69, 9.17) is 10.2 Å². The average Bonchev–Trinajstić information content (AvgIpc) is 2.32. The van der Waals surface area contributed by atoms with Crippen molar-refractivity contribution < 1.29 is 4.42 Å². The second-order valence-corrected chi connectivity index (χ2v) is 3.41. The van der Waals surface area contributed by atoms with E-state index in [1.165, 1.54) is 0 Å². The predicted molar refractivity (Wildman–Crippen MR) is 51.5 cm³/mol. The van der Waals surface area contributed by atoms with E-state index in [-0.39, 0.29) is 6.04 Å². The summed E-state index contributed by atoms with van der Waals surface area (Å²) in [6.45, 7) is 4.37. The van der Waals surface area contributed by atoms with Gasteiger partial charge in [0.25, 0.3) is 0 Å². The Hall–Kier alpha value is -0.870. The van der Waals surface area contributed by atoms with Gasteiger partial charge in [0, 0.05) is 6.54 Å². The SMILES string of the molecule is Cc1nc(C(CN)N(C)C)oc1C. The van der Waals surface area contributed by atoms with Crippen LogP contribution in [0.4, 0.5) is 0 Å². The van der Waals surface area contributed by atoms with E-state index < -0.39 is 0 Å². The van der Waals surface area contributed by atoms with Crippen molar-refractivity contribution in [3.05, 3.63) is 17.3 Å². The third-order valence-corrected chi connectivity index (χ3v) is 2.18. The molecule has 0 amide bonds. The summed E-state index contributed by atoms with van der Waals surface area (Å²) in [5.41, 5.74) is 6.56. The molecule has 0 bridgehead atoms. The van der Waals surface area contributed by atoms with Crippen molar-refractivity contribution in [3.63, 3.8) is 0 Å². The topological polar surface area (TPSA) is 55.3 Å². The zero-order chi connectivity index (χ0) is 10.0. The highest BCUT2D eigenvalue weighted by Gasteiger charge is 2.18. The van der Waals surface area contributed by atoms with E-state index in [2.05, 4.69) is 4.98 Å². The Morgan fingerprint density at radius 3 is 2.38 bits per heavy atom. The van der Waals surface area contributed by atoms with Crippen molar-refractivity contribution >= 4 is 0 Å². The maximum atomic E-state index is 5.62.